The number of nitrogens with one attached hydrogen (secondary N) is 1. The molecule has 0 aliphatic rings. The van der Waals surface area contributed by atoms with Crippen LogP contribution in [-0.2, 0) is 16.0 Å². The molecule has 0 saturated carbocycles. The molecule has 0 saturated heterocycles. The molecule has 2 aromatic carbocycles. The monoisotopic (exact) mass is 338 g/mol. The van der Waals surface area contributed by atoms with Crippen LogP contribution in [0.5, 0.6) is 0 Å². The fourth-order valence-corrected chi connectivity index (χ4v) is 2.95. The first-order valence-corrected chi connectivity index (χ1v) is 8.65. The van der Waals surface area contributed by atoms with Gasteiger partial charge in [-0.1, -0.05) is 31.2 Å². The summed E-state index contributed by atoms with van der Waals surface area (Å²) < 4.78 is 0. The highest BCUT2D eigenvalue weighted by Gasteiger charge is 2.14. The SMILES string of the molecule is CCc1ccccc1NC(=O)CCN(C(C)=O)c1cc(C)cc(C)c1. The number of nitrogens with zero attached hydrogens (tertiary/aromatic N) is 1. The van der Waals surface area contributed by atoms with Crippen LogP contribution in [0.15, 0.2) is 42.5 Å². The molecule has 2 aromatic rings. The first kappa shape index (κ1) is 18.7. The summed E-state index contributed by atoms with van der Waals surface area (Å²) in [5, 5.41) is 2.95. The zero-order valence-electron chi connectivity index (χ0n) is 15.4. The number of hydrogen-bond donors (Lipinski definition) is 1. The van der Waals surface area contributed by atoms with Crippen molar-refractivity contribution in [3.05, 3.63) is 59.2 Å². The van der Waals surface area contributed by atoms with Crippen molar-refractivity contribution in [2.45, 2.75) is 40.5 Å². The summed E-state index contributed by atoms with van der Waals surface area (Å²) >= 11 is 0. The molecule has 0 aromatic heterocycles. The average molecular weight is 338 g/mol. The van der Waals surface area contributed by atoms with E-state index < -0.39 is 0 Å². The number of carbonyl (C=O) groups is 2. The number of aryl methyl sites for hydroxylation is 3. The maximum atomic E-state index is 12.3. The molecule has 25 heavy (non-hydrogen) atoms. The Kier molecular flexibility index (Phi) is 6.34. The molecule has 0 unspecified atom stereocenters. The number of carbonyl (C=O) groups excluding carboxylic acids is 2. The summed E-state index contributed by atoms with van der Waals surface area (Å²) in [4.78, 5) is 26.0. The van der Waals surface area contributed by atoms with Crippen LogP contribution in [0.25, 0.3) is 0 Å². The van der Waals surface area contributed by atoms with Gasteiger partial charge in [0.2, 0.25) is 11.8 Å². The molecule has 1 N–H and O–H groups in total. The van der Waals surface area contributed by atoms with Crippen LogP contribution in [0.2, 0.25) is 0 Å². The molecule has 0 aliphatic carbocycles. The Balaban J connectivity index is 2.06. The van der Waals surface area contributed by atoms with Crippen molar-refractivity contribution >= 4 is 23.2 Å². The van der Waals surface area contributed by atoms with Gasteiger partial charge in [0.25, 0.3) is 0 Å². The average Bonchev–Trinajstić information content (AvgIpc) is 2.54. The largest absolute Gasteiger partial charge is 0.326 e. The van der Waals surface area contributed by atoms with Crippen LogP contribution in [0.4, 0.5) is 11.4 Å². The summed E-state index contributed by atoms with van der Waals surface area (Å²) in [6.07, 6.45) is 1.11. The Morgan fingerprint density at radius 3 is 2.28 bits per heavy atom. The predicted molar refractivity (Wildman–Crippen MR) is 103 cm³/mol. The second kappa shape index (κ2) is 8.47. The van der Waals surface area contributed by atoms with E-state index in [9.17, 15) is 9.59 Å². The fourth-order valence-electron chi connectivity index (χ4n) is 2.95. The van der Waals surface area contributed by atoms with Crippen molar-refractivity contribution in [1.82, 2.24) is 0 Å². The molecule has 2 amide bonds. The van der Waals surface area contributed by atoms with Crippen LogP contribution in [0, 0.1) is 13.8 Å². The van der Waals surface area contributed by atoms with E-state index in [1.165, 1.54) is 6.92 Å². The van der Waals surface area contributed by atoms with Gasteiger partial charge in [-0.15, -0.1) is 0 Å². The molecule has 0 fully saturated rings. The van der Waals surface area contributed by atoms with Crippen LogP contribution in [-0.4, -0.2) is 18.4 Å². The van der Waals surface area contributed by atoms with Crippen molar-refractivity contribution in [3.8, 4) is 0 Å². The topological polar surface area (TPSA) is 49.4 Å². The van der Waals surface area contributed by atoms with E-state index >= 15 is 0 Å². The Hall–Kier alpha value is -2.62. The predicted octanol–water partition coefficient (Wildman–Crippen LogP) is 4.25. The van der Waals surface area contributed by atoms with E-state index in [1.54, 1.807) is 4.90 Å². The first-order chi connectivity index (χ1) is 11.9. The minimum absolute atomic E-state index is 0.0632. The highest BCUT2D eigenvalue weighted by molar-refractivity contribution is 5.95. The molecule has 0 atom stereocenters. The van der Waals surface area contributed by atoms with Gasteiger partial charge in [0.15, 0.2) is 0 Å². The molecule has 4 heteroatoms. The molecule has 4 nitrogen and oxygen atoms in total. The lowest BCUT2D eigenvalue weighted by Crippen LogP contribution is -2.32. The Labute approximate surface area is 149 Å². The molecule has 0 spiro atoms. The number of rotatable bonds is 6. The molecule has 2 rings (SSSR count). The Morgan fingerprint density at radius 2 is 1.68 bits per heavy atom. The maximum absolute atomic E-state index is 12.3. The van der Waals surface area contributed by atoms with Crippen molar-refractivity contribution < 1.29 is 9.59 Å². The minimum atomic E-state index is -0.0866. The molecule has 132 valence electrons. The van der Waals surface area contributed by atoms with Gasteiger partial charge in [0.05, 0.1) is 0 Å². The van der Waals surface area contributed by atoms with E-state index in [2.05, 4.69) is 18.3 Å². The second-order valence-corrected chi connectivity index (χ2v) is 6.33. The van der Waals surface area contributed by atoms with Crippen molar-refractivity contribution in [2.24, 2.45) is 0 Å². The number of benzene rings is 2. The summed E-state index contributed by atoms with van der Waals surface area (Å²) in [5.74, 6) is -0.150. The van der Waals surface area contributed by atoms with Gasteiger partial charge in [-0.05, 0) is 55.2 Å². The number of hydrogen-bond acceptors (Lipinski definition) is 2. The van der Waals surface area contributed by atoms with E-state index in [1.807, 2.05) is 50.2 Å². The van der Waals surface area contributed by atoms with Gasteiger partial charge in [-0.2, -0.15) is 0 Å². The number of anilines is 2. The van der Waals surface area contributed by atoms with Crippen molar-refractivity contribution in [2.75, 3.05) is 16.8 Å². The zero-order chi connectivity index (χ0) is 18.4. The number of amides is 2. The van der Waals surface area contributed by atoms with E-state index in [4.69, 9.17) is 0 Å². The molecule has 0 radical (unpaired) electrons. The summed E-state index contributed by atoms with van der Waals surface area (Å²) in [7, 11) is 0. The van der Waals surface area contributed by atoms with Gasteiger partial charge in [-0.25, -0.2) is 0 Å². The normalized spacial score (nSPS) is 10.4. The Morgan fingerprint density at radius 1 is 1.04 bits per heavy atom. The van der Waals surface area contributed by atoms with Crippen LogP contribution in [0.3, 0.4) is 0 Å². The quantitative estimate of drug-likeness (QED) is 0.856. The summed E-state index contributed by atoms with van der Waals surface area (Å²) in [6, 6.07) is 13.8. The lowest BCUT2D eigenvalue weighted by Gasteiger charge is -2.22. The van der Waals surface area contributed by atoms with Gasteiger partial charge in [0.1, 0.15) is 0 Å². The first-order valence-electron chi connectivity index (χ1n) is 8.65. The Bertz CT molecular complexity index is 748. The third kappa shape index (κ3) is 5.18. The zero-order valence-corrected chi connectivity index (χ0v) is 15.4. The van der Waals surface area contributed by atoms with Crippen LogP contribution < -0.4 is 10.2 Å². The molecule has 0 bridgehead atoms. The smallest absolute Gasteiger partial charge is 0.226 e. The van der Waals surface area contributed by atoms with Crippen molar-refractivity contribution in [3.63, 3.8) is 0 Å². The lowest BCUT2D eigenvalue weighted by molar-refractivity contribution is -0.117. The lowest BCUT2D eigenvalue weighted by atomic mass is 10.1. The number of para-hydroxylation sites is 1. The molecular weight excluding hydrogens is 312 g/mol. The van der Waals surface area contributed by atoms with E-state index in [0.717, 1.165) is 34.5 Å². The summed E-state index contributed by atoms with van der Waals surface area (Å²) in [5.41, 5.74) is 4.99. The minimum Gasteiger partial charge on any atom is -0.326 e. The molecule has 0 heterocycles. The van der Waals surface area contributed by atoms with E-state index in [0.29, 0.717) is 6.54 Å². The fraction of sp³-hybridized carbons (Fsp3) is 0.333. The second-order valence-electron chi connectivity index (χ2n) is 6.33. The highest BCUT2D eigenvalue weighted by atomic mass is 16.2. The maximum Gasteiger partial charge on any atom is 0.226 e. The van der Waals surface area contributed by atoms with Crippen LogP contribution >= 0.6 is 0 Å². The van der Waals surface area contributed by atoms with E-state index in [-0.39, 0.29) is 18.2 Å². The highest BCUT2D eigenvalue weighted by Crippen LogP contribution is 2.20. The van der Waals surface area contributed by atoms with Crippen molar-refractivity contribution in [1.29, 1.82) is 0 Å². The molecule has 0 aliphatic heterocycles. The van der Waals surface area contributed by atoms with Crippen LogP contribution in [0.1, 0.15) is 37.0 Å². The summed E-state index contributed by atoms with van der Waals surface area (Å²) in [6.45, 7) is 7.95. The van der Waals surface area contributed by atoms with Gasteiger partial charge in [-0.3, -0.25) is 9.59 Å². The third-order valence-electron chi connectivity index (χ3n) is 4.13. The van der Waals surface area contributed by atoms with Gasteiger partial charge < -0.3 is 10.2 Å². The van der Waals surface area contributed by atoms with Gasteiger partial charge >= 0.3 is 0 Å². The standard InChI is InChI=1S/C21H26N2O2/c1-5-18-8-6-7-9-20(18)22-21(25)10-11-23(17(4)24)19-13-15(2)12-16(3)14-19/h6-9,12-14H,5,10-11H2,1-4H3,(H,22,25). The molecular formula is C21H26N2O2. The van der Waals surface area contributed by atoms with Gasteiger partial charge in [0, 0.05) is 31.3 Å². The third-order valence-corrected chi connectivity index (χ3v) is 4.13.